The zero-order valence-corrected chi connectivity index (χ0v) is 10.4. The third-order valence-electron chi connectivity index (χ3n) is 2.29. The molecule has 18 heavy (non-hydrogen) atoms. The highest BCUT2D eigenvalue weighted by Crippen LogP contribution is 2.33. The van der Waals surface area contributed by atoms with Crippen LogP contribution in [0.3, 0.4) is 0 Å². The molecule has 2 amide bonds. The first-order chi connectivity index (χ1) is 8.69. The predicted octanol–water partition coefficient (Wildman–Crippen LogP) is 1.18. The number of nitrogens with two attached hydrogens (primary N) is 1. The zero-order valence-electron chi connectivity index (χ0n) is 9.60. The molecule has 1 aromatic rings. The van der Waals surface area contributed by atoms with Gasteiger partial charge >= 0.3 is 0 Å². The van der Waals surface area contributed by atoms with E-state index in [4.69, 9.17) is 5.73 Å². The molecule has 5 nitrogen and oxygen atoms in total. The number of benzene rings is 1. The third-order valence-corrected chi connectivity index (χ3v) is 3.36. The molecule has 0 unspecified atom stereocenters. The largest absolute Gasteiger partial charge is 0.327 e. The van der Waals surface area contributed by atoms with E-state index in [1.165, 1.54) is 17.8 Å². The van der Waals surface area contributed by atoms with Crippen LogP contribution in [0.1, 0.15) is 0 Å². The Morgan fingerprint density at radius 1 is 1.56 bits per heavy atom. The second-order valence-electron chi connectivity index (χ2n) is 3.68. The molecule has 4 N–H and O–H groups in total. The van der Waals surface area contributed by atoms with E-state index in [-0.39, 0.29) is 11.8 Å². The van der Waals surface area contributed by atoms with Crippen LogP contribution in [-0.4, -0.2) is 24.1 Å². The van der Waals surface area contributed by atoms with Crippen LogP contribution in [0.5, 0.6) is 0 Å². The smallest absolute Gasteiger partial charge is 0.248 e. The van der Waals surface area contributed by atoms with Gasteiger partial charge < -0.3 is 16.4 Å². The molecular formula is C12H13N3O2S. The maximum Gasteiger partial charge on any atom is 0.248 e. The third kappa shape index (κ3) is 3.12. The number of amides is 2. The summed E-state index contributed by atoms with van der Waals surface area (Å²) in [5.74, 6) is 0.159. The molecule has 0 atom stereocenters. The number of fused-ring (bicyclic) bond motifs is 1. The number of nitrogens with one attached hydrogen (secondary N) is 2. The van der Waals surface area contributed by atoms with E-state index in [2.05, 4.69) is 10.6 Å². The van der Waals surface area contributed by atoms with E-state index in [0.717, 1.165) is 10.6 Å². The van der Waals surface area contributed by atoms with Crippen LogP contribution in [0.4, 0.5) is 11.4 Å². The summed E-state index contributed by atoms with van der Waals surface area (Å²) in [6.07, 6.45) is 2.96. The first-order valence-electron chi connectivity index (χ1n) is 5.43. The van der Waals surface area contributed by atoms with Gasteiger partial charge in [-0.1, -0.05) is 6.08 Å². The molecular weight excluding hydrogens is 250 g/mol. The highest BCUT2D eigenvalue weighted by atomic mass is 32.2. The fourth-order valence-electron chi connectivity index (χ4n) is 1.52. The Bertz CT molecular complexity index is 514. The van der Waals surface area contributed by atoms with Crippen molar-refractivity contribution >= 4 is 35.0 Å². The van der Waals surface area contributed by atoms with Gasteiger partial charge in [0.1, 0.15) is 0 Å². The maximum atomic E-state index is 11.5. The maximum absolute atomic E-state index is 11.5. The Morgan fingerprint density at radius 3 is 3.17 bits per heavy atom. The Hall–Kier alpha value is -1.79. The van der Waals surface area contributed by atoms with Gasteiger partial charge in [0, 0.05) is 23.2 Å². The lowest BCUT2D eigenvalue weighted by molar-refractivity contribution is -0.114. The molecule has 0 bridgehead atoms. The number of rotatable bonds is 3. The molecule has 0 fully saturated rings. The SMILES string of the molecule is NC/C=C/C(=O)Nc1ccc2c(c1)NC(=O)CS2. The summed E-state index contributed by atoms with van der Waals surface area (Å²) in [6, 6.07) is 5.42. The zero-order chi connectivity index (χ0) is 13.0. The van der Waals surface area contributed by atoms with Crippen LogP contribution in [-0.2, 0) is 9.59 Å². The van der Waals surface area contributed by atoms with Crippen LogP contribution < -0.4 is 16.4 Å². The Kier molecular flexibility index (Phi) is 4.01. The summed E-state index contributed by atoms with van der Waals surface area (Å²) < 4.78 is 0. The second kappa shape index (κ2) is 5.70. The van der Waals surface area contributed by atoms with E-state index in [9.17, 15) is 9.59 Å². The van der Waals surface area contributed by atoms with Crippen molar-refractivity contribution < 1.29 is 9.59 Å². The van der Waals surface area contributed by atoms with Gasteiger partial charge in [-0.3, -0.25) is 9.59 Å². The Balaban J connectivity index is 2.11. The summed E-state index contributed by atoms with van der Waals surface area (Å²) in [4.78, 5) is 23.7. The average molecular weight is 263 g/mol. The summed E-state index contributed by atoms with van der Waals surface area (Å²) in [6.45, 7) is 0.324. The fraction of sp³-hybridized carbons (Fsp3) is 0.167. The molecule has 0 spiro atoms. The molecule has 0 aromatic heterocycles. The van der Waals surface area contributed by atoms with Crippen molar-refractivity contribution in [2.75, 3.05) is 22.9 Å². The van der Waals surface area contributed by atoms with Crippen molar-refractivity contribution in [3.8, 4) is 0 Å². The molecule has 2 rings (SSSR count). The van der Waals surface area contributed by atoms with Crippen molar-refractivity contribution in [1.29, 1.82) is 0 Å². The molecule has 0 saturated carbocycles. The van der Waals surface area contributed by atoms with E-state index in [1.807, 2.05) is 6.07 Å². The highest BCUT2D eigenvalue weighted by molar-refractivity contribution is 8.00. The van der Waals surface area contributed by atoms with Crippen LogP contribution in [0.2, 0.25) is 0 Å². The molecule has 0 radical (unpaired) electrons. The van der Waals surface area contributed by atoms with Gasteiger partial charge in [0.2, 0.25) is 11.8 Å². The first-order valence-corrected chi connectivity index (χ1v) is 6.42. The number of carbonyl (C=O) groups excluding carboxylic acids is 2. The lowest BCUT2D eigenvalue weighted by Gasteiger charge is -2.17. The number of hydrogen-bond donors (Lipinski definition) is 3. The minimum absolute atomic E-state index is 0.0287. The Labute approximate surface area is 109 Å². The second-order valence-corrected chi connectivity index (χ2v) is 4.69. The predicted molar refractivity (Wildman–Crippen MR) is 72.6 cm³/mol. The summed E-state index contributed by atoms with van der Waals surface area (Å²) in [5.41, 5.74) is 6.63. The first kappa shape index (κ1) is 12.7. The monoisotopic (exact) mass is 263 g/mol. The quantitative estimate of drug-likeness (QED) is 0.715. The van der Waals surface area contributed by atoms with Crippen molar-refractivity contribution in [1.82, 2.24) is 0 Å². The van der Waals surface area contributed by atoms with Gasteiger partial charge in [-0.15, -0.1) is 11.8 Å². The number of anilines is 2. The van der Waals surface area contributed by atoms with E-state index in [0.29, 0.717) is 18.0 Å². The van der Waals surface area contributed by atoms with Crippen molar-refractivity contribution in [3.63, 3.8) is 0 Å². The number of carbonyl (C=O) groups is 2. The molecule has 6 heteroatoms. The van der Waals surface area contributed by atoms with Crippen LogP contribution >= 0.6 is 11.8 Å². The number of thioether (sulfide) groups is 1. The van der Waals surface area contributed by atoms with Gasteiger partial charge in [-0.25, -0.2) is 0 Å². The molecule has 1 aliphatic rings. The van der Waals surface area contributed by atoms with Crippen LogP contribution in [0.25, 0.3) is 0 Å². The fourth-order valence-corrected chi connectivity index (χ4v) is 2.31. The van der Waals surface area contributed by atoms with Gasteiger partial charge in [0.15, 0.2) is 0 Å². The molecule has 1 aromatic carbocycles. The van der Waals surface area contributed by atoms with Gasteiger partial charge in [-0.2, -0.15) is 0 Å². The molecule has 94 valence electrons. The van der Waals surface area contributed by atoms with Gasteiger partial charge in [-0.05, 0) is 18.2 Å². The Morgan fingerprint density at radius 2 is 2.39 bits per heavy atom. The summed E-state index contributed by atoms with van der Waals surface area (Å²) in [7, 11) is 0. The highest BCUT2D eigenvalue weighted by Gasteiger charge is 2.15. The summed E-state index contributed by atoms with van der Waals surface area (Å²) in [5, 5.41) is 5.47. The van der Waals surface area contributed by atoms with Gasteiger partial charge in [0.05, 0.1) is 11.4 Å². The number of hydrogen-bond acceptors (Lipinski definition) is 4. The van der Waals surface area contributed by atoms with Gasteiger partial charge in [0.25, 0.3) is 0 Å². The molecule has 1 heterocycles. The average Bonchev–Trinajstić information content (AvgIpc) is 2.36. The normalized spacial score (nSPS) is 14.2. The molecule has 0 aliphatic carbocycles. The van der Waals surface area contributed by atoms with Crippen molar-refractivity contribution in [3.05, 3.63) is 30.4 Å². The minimum atomic E-state index is -0.241. The van der Waals surface area contributed by atoms with E-state index in [1.54, 1.807) is 18.2 Å². The topological polar surface area (TPSA) is 84.2 Å². The standard InChI is InChI=1S/C12H13N3O2S/c13-5-1-2-11(16)14-8-3-4-10-9(6-8)15-12(17)7-18-10/h1-4,6H,5,7,13H2,(H,14,16)(H,15,17)/b2-1+. The van der Waals surface area contributed by atoms with Crippen molar-refractivity contribution in [2.24, 2.45) is 5.73 Å². The lowest BCUT2D eigenvalue weighted by atomic mass is 10.2. The molecule has 1 aliphatic heterocycles. The molecule has 0 saturated heterocycles. The van der Waals surface area contributed by atoms with Crippen LogP contribution in [0.15, 0.2) is 35.2 Å². The van der Waals surface area contributed by atoms with E-state index < -0.39 is 0 Å². The summed E-state index contributed by atoms with van der Waals surface area (Å²) >= 11 is 1.48. The van der Waals surface area contributed by atoms with Crippen molar-refractivity contribution in [2.45, 2.75) is 4.90 Å². The lowest BCUT2D eigenvalue weighted by Crippen LogP contribution is -2.19. The van der Waals surface area contributed by atoms with Crippen LogP contribution in [0, 0.1) is 0 Å². The minimum Gasteiger partial charge on any atom is -0.327 e. The van der Waals surface area contributed by atoms with E-state index >= 15 is 0 Å².